The molecule has 1 aliphatic heterocycles. The van der Waals surface area contributed by atoms with E-state index in [0.29, 0.717) is 26.3 Å². The Labute approximate surface area is 116 Å². The highest BCUT2D eigenvalue weighted by molar-refractivity contribution is 6.00. The summed E-state index contributed by atoms with van der Waals surface area (Å²) in [5, 5.41) is 6.54. The molecule has 1 unspecified atom stereocenters. The fraction of sp³-hybridized carbons (Fsp3) is 0.583. The molecule has 0 bridgehead atoms. The van der Waals surface area contributed by atoms with Crippen molar-refractivity contribution in [3.8, 4) is 0 Å². The van der Waals surface area contributed by atoms with Crippen LogP contribution in [0.2, 0.25) is 0 Å². The van der Waals surface area contributed by atoms with Crippen LogP contribution in [0.3, 0.4) is 0 Å². The van der Waals surface area contributed by atoms with Crippen LogP contribution in [0, 0.1) is 0 Å². The Hall–Kier alpha value is -2.09. The van der Waals surface area contributed by atoms with Crippen molar-refractivity contribution in [3.05, 3.63) is 11.8 Å². The number of carbonyl (C=O) groups excluding carboxylic acids is 2. The first-order valence-corrected chi connectivity index (χ1v) is 6.45. The number of anilines is 1. The van der Waals surface area contributed by atoms with Crippen LogP contribution in [0.5, 0.6) is 0 Å². The molecule has 1 aromatic rings. The van der Waals surface area contributed by atoms with Crippen LogP contribution in [0.1, 0.15) is 17.3 Å². The van der Waals surface area contributed by atoms with Gasteiger partial charge in [0.05, 0.1) is 19.4 Å². The molecule has 0 spiro atoms. The second-order valence-corrected chi connectivity index (χ2v) is 4.70. The quantitative estimate of drug-likeness (QED) is 0.738. The number of aryl methyl sites for hydroxylation is 1. The minimum absolute atomic E-state index is 0.121. The molecule has 110 valence electrons. The third-order valence-electron chi connectivity index (χ3n) is 3.27. The molecule has 0 radical (unpaired) electrons. The zero-order valence-electron chi connectivity index (χ0n) is 11.6. The highest BCUT2D eigenvalue weighted by Crippen LogP contribution is 2.09. The van der Waals surface area contributed by atoms with E-state index in [-0.39, 0.29) is 17.3 Å². The molecule has 2 amide bonds. The fourth-order valence-corrected chi connectivity index (χ4v) is 2.02. The summed E-state index contributed by atoms with van der Waals surface area (Å²) < 4.78 is 6.60. The zero-order valence-corrected chi connectivity index (χ0v) is 11.6. The Balaban J connectivity index is 1.96. The molecular formula is C12H19N5O3. The lowest BCUT2D eigenvalue weighted by Crippen LogP contribution is -2.50. The molecule has 1 fully saturated rings. The monoisotopic (exact) mass is 281 g/mol. The molecule has 0 saturated carbocycles. The predicted octanol–water partition coefficient (Wildman–Crippen LogP) is -1.02. The fourth-order valence-electron chi connectivity index (χ4n) is 2.02. The summed E-state index contributed by atoms with van der Waals surface area (Å²) in [6.45, 7) is 3.81. The topological polar surface area (TPSA) is 102 Å². The van der Waals surface area contributed by atoms with Crippen molar-refractivity contribution >= 4 is 17.6 Å². The smallest absolute Gasteiger partial charge is 0.257 e. The summed E-state index contributed by atoms with van der Waals surface area (Å²) in [5.41, 5.74) is 6.00. The van der Waals surface area contributed by atoms with Gasteiger partial charge in [0.2, 0.25) is 5.91 Å². The lowest BCUT2D eigenvalue weighted by molar-refractivity contribution is -0.136. The van der Waals surface area contributed by atoms with E-state index in [0.717, 1.165) is 0 Å². The van der Waals surface area contributed by atoms with E-state index in [1.165, 1.54) is 10.9 Å². The van der Waals surface area contributed by atoms with Crippen LogP contribution in [0.15, 0.2) is 6.20 Å². The van der Waals surface area contributed by atoms with Gasteiger partial charge in [-0.3, -0.25) is 14.3 Å². The lowest BCUT2D eigenvalue weighted by atomic mass is 10.2. The number of nitrogens with two attached hydrogens (primary N) is 1. The van der Waals surface area contributed by atoms with Crippen molar-refractivity contribution < 1.29 is 14.3 Å². The minimum Gasteiger partial charge on any atom is -0.383 e. The highest BCUT2D eigenvalue weighted by atomic mass is 16.5. The van der Waals surface area contributed by atoms with Gasteiger partial charge in [0, 0.05) is 20.1 Å². The molecule has 2 rings (SSSR count). The predicted molar refractivity (Wildman–Crippen MR) is 71.9 cm³/mol. The summed E-state index contributed by atoms with van der Waals surface area (Å²) in [4.78, 5) is 25.9. The molecule has 1 aromatic heterocycles. The number of aromatic nitrogens is 2. The number of rotatable bonds is 3. The number of hydrogen-bond acceptors (Lipinski definition) is 5. The van der Waals surface area contributed by atoms with Crippen LogP contribution in [0.4, 0.5) is 5.82 Å². The zero-order chi connectivity index (χ0) is 14.7. The molecule has 1 aliphatic rings. The number of nitrogens with one attached hydrogen (secondary N) is 1. The van der Waals surface area contributed by atoms with Crippen molar-refractivity contribution in [3.63, 3.8) is 0 Å². The number of carbonyl (C=O) groups is 2. The van der Waals surface area contributed by atoms with Crippen molar-refractivity contribution in [1.29, 1.82) is 0 Å². The van der Waals surface area contributed by atoms with E-state index in [1.54, 1.807) is 18.9 Å². The van der Waals surface area contributed by atoms with Crippen molar-refractivity contribution in [1.82, 2.24) is 20.0 Å². The van der Waals surface area contributed by atoms with Gasteiger partial charge >= 0.3 is 0 Å². The summed E-state index contributed by atoms with van der Waals surface area (Å²) in [6.07, 6.45) is 1.39. The molecule has 1 atom stereocenters. The summed E-state index contributed by atoms with van der Waals surface area (Å²) in [7, 11) is 1.65. The maximum absolute atomic E-state index is 12.2. The van der Waals surface area contributed by atoms with Gasteiger partial charge < -0.3 is 20.7 Å². The van der Waals surface area contributed by atoms with Gasteiger partial charge in [-0.05, 0) is 6.92 Å². The third kappa shape index (κ3) is 2.90. The Morgan fingerprint density at radius 1 is 1.45 bits per heavy atom. The number of nitrogen functional groups attached to an aromatic ring is 1. The van der Waals surface area contributed by atoms with Crippen molar-refractivity contribution in [2.75, 3.05) is 32.0 Å². The van der Waals surface area contributed by atoms with Gasteiger partial charge in [-0.25, -0.2) is 0 Å². The second-order valence-electron chi connectivity index (χ2n) is 4.70. The highest BCUT2D eigenvalue weighted by Gasteiger charge is 2.25. The first kappa shape index (κ1) is 14.3. The molecule has 20 heavy (non-hydrogen) atoms. The van der Waals surface area contributed by atoms with E-state index < -0.39 is 11.9 Å². The number of amides is 2. The minimum atomic E-state index is -0.611. The SMILES string of the molecule is CC(NC(=O)c1cnn(C)c1N)C(=O)N1CCOCC1. The maximum atomic E-state index is 12.2. The van der Waals surface area contributed by atoms with Gasteiger partial charge in [-0.1, -0.05) is 0 Å². The van der Waals surface area contributed by atoms with E-state index in [9.17, 15) is 9.59 Å². The maximum Gasteiger partial charge on any atom is 0.257 e. The van der Waals surface area contributed by atoms with E-state index >= 15 is 0 Å². The van der Waals surface area contributed by atoms with E-state index in [4.69, 9.17) is 10.5 Å². The first-order chi connectivity index (χ1) is 9.50. The molecule has 0 aliphatic carbocycles. The van der Waals surface area contributed by atoms with Crippen molar-refractivity contribution in [2.45, 2.75) is 13.0 Å². The lowest BCUT2D eigenvalue weighted by Gasteiger charge is -2.29. The van der Waals surface area contributed by atoms with Gasteiger partial charge in [-0.2, -0.15) is 5.10 Å². The van der Waals surface area contributed by atoms with E-state index in [2.05, 4.69) is 10.4 Å². The third-order valence-corrected chi connectivity index (χ3v) is 3.27. The normalized spacial score (nSPS) is 16.8. The number of ether oxygens (including phenoxy) is 1. The first-order valence-electron chi connectivity index (χ1n) is 6.45. The number of morpholine rings is 1. The summed E-state index contributed by atoms with van der Waals surface area (Å²) >= 11 is 0. The molecular weight excluding hydrogens is 262 g/mol. The van der Waals surface area contributed by atoms with Crippen LogP contribution in [0.25, 0.3) is 0 Å². The van der Waals surface area contributed by atoms with Crippen LogP contribution in [-0.2, 0) is 16.6 Å². The molecule has 3 N–H and O–H groups in total. The van der Waals surface area contributed by atoms with Crippen LogP contribution < -0.4 is 11.1 Å². The van der Waals surface area contributed by atoms with Crippen LogP contribution in [-0.4, -0.2) is 58.8 Å². The average Bonchev–Trinajstić information content (AvgIpc) is 2.79. The summed E-state index contributed by atoms with van der Waals surface area (Å²) in [6, 6.07) is -0.611. The molecule has 2 heterocycles. The molecule has 0 aromatic carbocycles. The van der Waals surface area contributed by atoms with Crippen LogP contribution >= 0.6 is 0 Å². The van der Waals surface area contributed by atoms with Gasteiger partial charge in [-0.15, -0.1) is 0 Å². The van der Waals surface area contributed by atoms with Crippen molar-refractivity contribution in [2.24, 2.45) is 7.05 Å². The molecule has 1 saturated heterocycles. The van der Waals surface area contributed by atoms with Gasteiger partial charge in [0.25, 0.3) is 5.91 Å². The second kappa shape index (κ2) is 5.91. The Morgan fingerprint density at radius 3 is 2.65 bits per heavy atom. The summed E-state index contributed by atoms with van der Waals surface area (Å²) in [5.74, 6) is -0.248. The Morgan fingerprint density at radius 2 is 2.10 bits per heavy atom. The molecule has 8 heteroatoms. The Kier molecular flexibility index (Phi) is 4.23. The van der Waals surface area contributed by atoms with Gasteiger partial charge in [0.1, 0.15) is 17.4 Å². The largest absolute Gasteiger partial charge is 0.383 e. The van der Waals surface area contributed by atoms with Gasteiger partial charge in [0.15, 0.2) is 0 Å². The number of nitrogens with zero attached hydrogens (tertiary/aromatic N) is 3. The molecule has 8 nitrogen and oxygen atoms in total. The van der Waals surface area contributed by atoms with E-state index in [1.807, 2.05) is 0 Å². The average molecular weight is 281 g/mol. The Bertz CT molecular complexity index is 507. The standard InChI is InChI=1S/C12H19N5O3/c1-8(12(19)17-3-5-20-6-4-17)15-11(18)9-7-14-16(2)10(9)13/h7-8H,3-6,13H2,1-2H3,(H,15,18). The number of hydrogen-bond donors (Lipinski definition) is 2.